The number of aromatic nitrogens is 5. The van der Waals surface area contributed by atoms with Gasteiger partial charge in [0.1, 0.15) is 5.82 Å². The zero-order valence-electron chi connectivity index (χ0n) is 15.4. The zero-order valence-corrected chi connectivity index (χ0v) is 15.4. The quantitative estimate of drug-likeness (QED) is 0.757. The monoisotopic (exact) mass is 354 g/mol. The SMILES string of the molecule is Cn1nc(C[C@H]2CCCC[C@H]2NCc2cnn3ccccc23)n(C)c1=O. The molecule has 3 aromatic rings. The fourth-order valence-corrected chi connectivity index (χ4v) is 4.11. The van der Waals surface area contributed by atoms with Crippen molar-refractivity contribution >= 4 is 5.52 Å². The largest absolute Gasteiger partial charge is 0.345 e. The molecule has 1 aliphatic carbocycles. The third kappa shape index (κ3) is 3.19. The minimum absolute atomic E-state index is 0.0494. The molecule has 1 saturated carbocycles. The van der Waals surface area contributed by atoms with Gasteiger partial charge in [-0.3, -0.25) is 4.57 Å². The van der Waals surface area contributed by atoms with Crippen LogP contribution in [0.25, 0.3) is 5.52 Å². The summed E-state index contributed by atoms with van der Waals surface area (Å²) in [5.74, 6) is 1.39. The van der Waals surface area contributed by atoms with Crippen molar-refractivity contribution in [2.75, 3.05) is 0 Å². The summed E-state index contributed by atoms with van der Waals surface area (Å²) in [4.78, 5) is 12.0. The second-order valence-electron chi connectivity index (χ2n) is 7.32. The van der Waals surface area contributed by atoms with Gasteiger partial charge in [0.2, 0.25) is 0 Å². The number of aryl methyl sites for hydroxylation is 1. The van der Waals surface area contributed by atoms with Crippen LogP contribution in [0.1, 0.15) is 37.1 Å². The van der Waals surface area contributed by atoms with Crippen LogP contribution in [-0.4, -0.2) is 30.0 Å². The van der Waals surface area contributed by atoms with Gasteiger partial charge in [0.15, 0.2) is 0 Å². The Bertz CT molecular complexity index is 952. The van der Waals surface area contributed by atoms with Crippen LogP contribution in [0.4, 0.5) is 0 Å². The Balaban J connectivity index is 1.47. The average Bonchev–Trinajstić information content (AvgIpc) is 3.18. The first-order valence-corrected chi connectivity index (χ1v) is 9.37. The minimum Gasteiger partial charge on any atom is -0.309 e. The van der Waals surface area contributed by atoms with Crippen molar-refractivity contribution < 1.29 is 0 Å². The van der Waals surface area contributed by atoms with Gasteiger partial charge in [-0.1, -0.05) is 18.9 Å². The molecule has 1 fully saturated rings. The van der Waals surface area contributed by atoms with Crippen LogP contribution in [0.5, 0.6) is 0 Å². The summed E-state index contributed by atoms with van der Waals surface area (Å²) in [6, 6.07) is 6.59. The number of nitrogens with one attached hydrogen (secondary N) is 1. The number of hydrogen-bond donors (Lipinski definition) is 1. The van der Waals surface area contributed by atoms with Crippen molar-refractivity contribution in [2.45, 2.75) is 44.7 Å². The van der Waals surface area contributed by atoms with E-state index in [1.54, 1.807) is 11.6 Å². The van der Waals surface area contributed by atoms with Gasteiger partial charge in [-0.05, 0) is 30.9 Å². The predicted octanol–water partition coefficient (Wildman–Crippen LogP) is 1.66. The van der Waals surface area contributed by atoms with Gasteiger partial charge in [-0.15, -0.1) is 0 Å². The Kier molecular flexibility index (Phi) is 4.63. The average molecular weight is 354 g/mol. The lowest BCUT2D eigenvalue weighted by Crippen LogP contribution is -2.39. The maximum Gasteiger partial charge on any atom is 0.345 e. The van der Waals surface area contributed by atoms with E-state index in [0.29, 0.717) is 12.0 Å². The molecule has 0 unspecified atom stereocenters. The van der Waals surface area contributed by atoms with Crippen molar-refractivity contribution in [3.63, 3.8) is 0 Å². The lowest BCUT2D eigenvalue weighted by atomic mass is 9.82. The highest BCUT2D eigenvalue weighted by atomic mass is 16.2. The first kappa shape index (κ1) is 17.0. The van der Waals surface area contributed by atoms with Crippen molar-refractivity contribution in [1.29, 1.82) is 0 Å². The molecule has 7 nitrogen and oxygen atoms in total. The molecule has 1 aliphatic rings. The maximum atomic E-state index is 12.0. The van der Waals surface area contributed by atoms with Gasteiger partial charge < -0.3 is 5.32 Å². The number of hydrogen-bond acceptors (Lipinski definition) is 4. The Labute approximate surface area is 152 Å². The van der Waals surface area contributed by atoms with Gasteiger partial charge in [0.25, 0.3) is 0 Å². The molecule has 3 heterocycles. The molecule has 1 N–H and O–H groups in total. The van der Waals surface area contributed by atoms with Crippen LogP contribution >= 0.6 is 0 Å². The molecule has 0 radical (unpaired) electrons. The standard InChI is InChI=1S/C19H26N6O/c1-23-18(22-24(2)19(23)26)11-14-7-3-4-8-16(14)20-12-15-13-21-25-10-6-5-9-17(15)25/h5-6,9-10,13-14,16,20H,3-4,7-8,11-12H2,1-2H3/t14-,16-/m1/s1. The lowest BCUT2D eigenvalue weighted by molar-refractivity contribution is 0.255. The fraction of sp³-hybridized carbons (Fsp3) is 0.526. The van der Waals surface area contributed by atoms with Crippen molar-refractivity contribution in [3.05, 3.63) is 52.5 Å². The van der Waals surface area contributed by atoms with Crippen LogP contribution in [0.2, 0.25) is 0 Å². The van der Waals surface area contributed by atoms with Crippen LogP contribution in [-0.2, 0) is 27.1 Å². The Morgan fingerprint density at radius 1 is 1.23 bits per heavy atom. The molecule has 0 spiro atoms. The first-order valence-electron chi connectivity index (χ1n) is 9.37. The molecule has 7 heteroatoms. The van der Waals surface area contributed by atoms with Crippen LogP contribution < -0.4 is 11.0 Å². The van der Waals surface area contributed by atoms with E-state index in [2.05, 4.69) is 21.6 Å². The Morgan fingerprint density at radius 3 is 2.88 bits per heavy atom. The summed E-state index contributed by atoms with van der Waals surface area (Å²) in [5.41, 5.74) is 2.33. The van der Waals surface area contributed by atoms with Crippen LogP contribution in [0.15, 0.2) is 35.4 Å². The topological polar surface area (TPSA) is 69.2 Å². The molecule has 4 rings (SSSR count). The van der Waals surface area contributed by atoms with Crippen LogP contribution in [0, 0.1) is 5.92 Å². The maximum absolute atomic E-state index is 12.0. The molecule has 0 aromatic carbocycles. The smallest absolute Gasteiger partial charge is 0.309 e. The molecule has 0 bridgehead atoms. The minimum atomic E-state index is -0.0494. The van der Waals surface area contributed by atoms with E-state index < -0.39 is 0 Å². The Hall–Kier alpha value is -2.41. The lowest BCUT2D eigenvalue weighted by Gasteiger charge is -2.32. The van der Waals surface area contributed by atoms with E-state index in [1.807, 2.05) is 36.1 Å². The van der Waals surface area contributed by atoms with Crippen molar-refractivity contribution in [1.82, 2.24) is 29.3 Å². The highest BCUT2D eigenvalue weighted by Crippen LogP contribution is 2.27. The summed E-state index contributed by atoms with van der Waals surface area (Å²) in [7, 11) is 3.53. The number of rotatable bonds is 5. The molecule has 0 aliphatic heterocycles. The summed E-state index contributed by atoms with van der Waals surface area (Å²) in [5, 5.41) is 12.6. The van der Waals surface area contributed by atoms with E-state index >= 15 is 0 Å². The summed E-state index contributed by atoms with van der Waals surface area (Å²) >= 11 is 0. The van der Waals surface area contributed by atoms with Gasteiger partial charge >= 0.3 is 5.69 Å². The van der Waals surface area contributed by atoms with E-state index in [0.717, 1.165) is 24.3 Å². The number of pyridine rings is 1. The fourth-order valence-electron chi connectivity index (χ4n) is 4.11. The zero-order chi connectivity index (χ0) is 18.1. The molecule has 2 atom stereocenters. The second-order valence-corrected chi connectivity index (χ2v) is 7.32. The molecular weight excluding hydrogens is 328 g/mol. The third-order valence-electron chi connectivity index (χ3n) is 5.63. The van der Waals surface area contributed by atoms with Crippen LogP contribution in [0.3, 0.4) is 0 Å². The summed E-state index contributed by atoms with van der Waals surface area (Å²) in [6.45, 7) is 0.815. The first-order chi connectivity index (χ1) is 12.6. The molecular formula is C19H26N6O. The molecule has 0 saturated heterocycles. The number of fused-ring (bicyclic) bond motifs is 1. The normalized spacial score (nSPS) is 20.7. The highest BCUT2D eigenvalue weighted by Gasteiger charge is 2.27. The van der Waals surface area contributed by atoms with Gasteiger partial charge in [0.05, 0.1) is 11.7 Å². The molecule has 138 valence electrons. The van der Waals surface area contributed by atoms with E-state index in [4.69, 9.17) is 0 Å². The molecule has 26 heavy (non-hydrogen) atoms. The molecule has 3 aromatic heterocycles. The number of nitrogens with zero attached hydrogens (tertiary/aromatic N) is 5. The van der Waals surface area contributed by atoms with Gasteiger partial charge in [-0.2, -0.15) is 10.2 Å². The van der Waals surface area contributed by atoms with Crippen molar-refractivity contribution in [2.24, 2.45) is 20.0 Å². The second kappa shape index (κ2) is 7.07. The van der Waals surface area contributed by atoms with Crippen molar-refractivity contribution in [3.8, 4) is 0 Å². The summed E-state index contributed by atoms with van der Waals surface area (Å²) < 4.78 is 5.02. The molecule has 0 amide bonds. The highest BCUT2D eigenvalue weighted by molar-refractivity contribution is 5.53. The third-order valence-corrected chi connectivity index (χ3v) is 5.63. The predicted molar refractivity (Wildman–Crippen MR) is 99.9 cm³/mol. The van der Waals surface area contributed by atoms with Gasteiger partial charge in [-0.25, -0.2) is 14.0 Å². The van der Waals surface area contributed by atoms with E-state index in [1.165, 1.54) is 35.9 Å². The summed E-state index contributed by atoms with van der Waals surface area (Å²) in [6.07, 6.45) is 9.62. The van der Waals surface area contributed by atoms with E-state index in [9.17, 15) is 4.79 Å². The van der Waals surface area contributed by atoms with E-state index in [-0.39, 0.29) is 5.69 Å². The van der Waals surface area contributed by atoms with Gasteiger partial charge in [0, 0.05) is 44.9 Å². The Morgan fingerprint density at radius 2 is 2.08 bits per heavy atom.